The van der Waals surface area contributed by atoms with Gasteiger partial charge in [0, 0.05) is 33.7 Å². The average molecular weight is 527 g/mol. The minimum absolute atomic E-state index is 0.354. The van der Waals surface area contributed by atoms with Crippen LogP contribution in [0.15, 0.2) is 65.8 Å². The van der Waals surface area contributed by atoms with Crippen molar-refractivity contribution in [2.75, 3.05) is 19.5 Å². The molecule has 5 rings (SSSR count). The van der Waals surface area contributed by atoms with E-state index in [-0.39, 0.29) is 0 Å². The van der Waals surface area contributed by atoms with Crippen LogP contribution in [0.5, 0.6) is 17.4 Å². The van der Waals surface area contributed by atoms with Crippen LogP contribution < -0.4 is 19.5 Å². The number of aromatic nitrogens is 3. The van der Waals surface area contributed by atoms with Crippen molar-refractivity contribution in [2.45, 2.75) is 17.1 Å². The van der Waals surface area contributed by atoms with Gasteiger partial charge in [0.2, 0.25) is 11.0 Å². The van der Waals surface area contributed by atoms with Gasteiger partial charge in [0.25, 0.3) is 0 Å². The van der Waals surface area contributed by atoms with Gasteiger partial charge in [-0.1, -0.05) is 65.3 Å². The first-order valence-electron chi connectivity index (χ1n) is 10.6. The lowest BCUT2D eigenvalue weighted by Crippen LogP contribution is -2.18. The molecule has 0 saturated heterocycles. The van der Waals surface area contributed by atoms with Gasteiger partial charge in [-0.3, -0.25) is 0 Å². The molecule has 3 aromatic carbocycles. The van der Waals surface area contributed by atoms with Crippen LogP contribution >= 0.6 is 35.0 Å². The number of para-hydroxylation sites is 1. The van der Waals surface area contributed by atoms with Crippen molar-refractivity contribution in [2.24, 2.45) is 0 Å². The molecule has 1 aliphatic rings. The number of hydrogen-bond donors (Lipinski definition) is 1. The SMILES string of the molecule is COc1cc(Cl)c(C2Nc3ccccc3-c3nnc(SCc4ccc(Cl)cc4)nc3O2)cc1OC. The Morgan fingerprint density at radius 1 is 0.971 bits per heavy atom. The number of benzene rings is 3. The molecule has 0 amide bonds. The van der Waals surface area contributed by atoms with Crippen LogP contribution in [0.1, 0.15) is 17.4 Å². The maximum atomic E-state index is 6.62. The molecule has 0 spiro atoms. The second kappa shape index (κ2) is 10.2. The van der Waals surface area contributed by atoms with Gasteiger partial charge in [0.05, 0.1) is 19.2 Å². The fourth-order valence-electron chi connectivity index (χ4n) is 3.65. The number of hydrogen-bond acceptors (Lipinski definition) is 8. The van der Waals surface area contributed by atoms with Crippen LogP contribution in [0.3, 0.4) is 0 Å². The van der Waals surface area contributed by atoms with Crippen LogP contribution in [0, 0.1) is 0 Å². The third-order valence-corrected chi connectivity index (χ3v) is 6.89. The monoisotopic (exact) mass is 526 g/mol. The van der Waals surface area contributed by atoms with E-state index in [1.54, 1.807) is 26.4 Å². The van der Waals surface area contributed by atoms with Crippen LogP contribution in [0.25, 0.3) is 11.3 Å². The summed E-state index contributed by atoms with van der Waals surface area (Å²) in [6.45, 7) is 0. The van der Waals surface area contributed by atoms with E-state index in [2.05, 4.69) is 20.5 Å². The molecule has 1 aliphatic heterocycles. The van der Waals surface area contributed by atoms with E-state index in [0.717, 1.165) is 16.8 Å². The molecule has 1 unspecified atom stereocenters. The van der Waals surface area contributed by atoms with Gasteiger partial charge in [-0.05, 0) is 29.8 Å². The Hall–Kier alpha value is -3.20. The first kappa shape index (κ1) is 23.5. The highest BCUT2D eigenvalue weighted by molar-refractivity contribution is 7.98. The van der Waals surface area contributed by atoms with Crippen LogP contribution in [0.4, 0.5) is 5.69 Å². The molecule has 10 heteroatoms. The molecule has 0 fully saturated rings. The zero-order valence-electron chi connectivity index (χ0n) is 18.8. The zero-order chi connectivity index (χ0) is 24.4. The number of ether oxygens (including phenoxy) is 3. The fourth-order valence-corrected chi connectivity index (χ4v) is 4.76. The number of nitrogens with one attached hydrogen (secondary N) is 1. The van der Waals surface area contributed by atoms with Gasteiger partial charge in [-0.2, -0.15) is 4.98 Å². The maximum Gasteiger partial charge on any atom is 0.247 e. The molecule has 0 saturated carbocycles. The lowest BCUT2D eigenvalue weighted by Gasteiger charge is -2.21. The first-order valence-corrected chi connectivity index (χ1v) is 12.4. The van der Waals surface area contributed by atoms with Gasteiger partial charge in [0.15, 0.2) is 23.4 Å². The summed E-state index contributed by atoms with van der Waals surface area (Å²) < 4.78 is 17.2. The maximum absolute atomic E-state index is 6.62. The number of nitrogens with zero attached hydrogens (tertiary/aromatic N) is 3. The van der Waals surface area contributed by atoms with Crippen molar-refractivity contribution in [3.63, 3.8) is 0 Å². The predicted octanol–water partition coefficient (Wildman–Crippen LogP) is 6.66. The van der Waals surface area contributed by atoms with Crippen molar-refractivity contribution in [3.05, 3.63) is 81.8 Å². The highest BCUT2D eigenvalue weighted by Crippen LogP contribution is 2.43. The lowest BCUT2D eigenvalue weighted by molar-refractivity contribution is 0.224. The minimum atomic E-state index is -0.657. The Bertz CT molecular complexity index is 1370. The number of halogens is 2. The molecular formula is C25H20Cl2N4O3S. The van der Waals surface area contributed by atoms with E-state index >= 15 is 0 Å². The summed E-state index contributed by atoms with van der Waals surface area (Å²) in [5, 5.41) is 13.9. The summed E-state index contributed by atoms with van der Waals surface area (Å²) in [6, 6.07) is 18.9. The van der Waals surface area contributed by atoms with Gasteiger partial charge in [0.1, 0.15) is 0 Å². The Labute approximate surface area is 216 Å². The van der Waals surface area contributed by atoms with Gasteiger partial charge < -0.3 is 19.5 Å². The average Bonchev–Trinajstić information content (AvgIpc) is 3.04. The second-order valence-electron chi connectivity index (χ2n) is 7.58. The highest BCUT2D eigenvalue weighted by Gasteiger charge is 2.28. The Kier molecular flexibility index (Phi) is 6.86. The normalized spacial score (nSPS) is 14.1. The predicted molar refractivity (Wildman–Crippen MR) is 138 cm³/mol. The van der Waals surface area contributed by atoms with Crippen molar-refractivity contribution < 1.29 is 14.2 Å². The summed E-state index contributed by atoms with van der Waals surface area (Å²) in [6.07, 6.45) is -0.657. The van der Waals surface area contributed by atoms with Gasteiger partial charge in [-0.15, -0.1) is 10.2 Å². The van der Waals surface area contributed by atoms with E-state index in [1.165, 1.54) is 11.8 Å². The topological polar surface area (TPSA) is 78.4 Å². The van der Waals surface area contributed by atoms with Crippen LogP contribution in [-0.2, 0) is 5.75 Å². The summed E-state index contributed by atoms with van der Waals surface area (Å²) >= 11 is 14.1. The molecule has 178 valence electrons. The Morgan fingerprint density at radius 2 is 1.71 bits per heavy atom. The van der Waals surface area contributed by atoms with Gasteiger partial charge >= 0.3 is 0 Å². The highest BCUT2D eigenvalue weighted by atomic mass is 35.5. The summed E-state index contributed by atoms with van der Waals surface area (Å²) in [4.78, 5) is 4.69. The third-order valence-electron chi connectivity index (χ3n) is 5.40. The van der Waals surface area contributed by atoms with Crippen molar-refractivity contribution >= 4 is 40.7 Å². The van der Waals surface area contributed by atoms with E-state index in [9.17, 15) is 0 Å². The molecule has 0 radical (unpaired) electrons. The molecular weight excluding hydrogens is 507 g/mol. The van der Waals surface area contributed by atoms with Crippen molar-refractivity contribution in [3.8, 4) is 28.6 Å². The number of methoxy groups -OCH3 is 2. The summed E-state index contributed by atoms with van der Waals surface area (Å²) in [5.74, 6) is 2.08. The Morgan fingerprint density at radius 3 is 2.49 bits per heavy atom. The summed E-state index contributed by atoms with van der Waals surface area (Å²) in [5.41, 5.74) is 3.96. The molecule has 7 nitrogen and oxygen atoms in total. The molecule has 35 heavy (non-hydrogen) atoms. The second-order valence-corrected chi connectivity index (χ2v) is 9.37. The lowest BCUT2D eigenvalue weighted by atomic mass is 10.1. The molecule has 1 N–H and O–H groups in total. The molecule has 0 bridgehead atoms. The number of rotatable bonds is 6. The largest absolute Gasteiger partial charge is 0.493 e. The molecule has 2 heterocycles. The zero-order valence-corrected chi connectivity index (χ0v) is 21.1. The molecule has 1 aromatic heterocycles. The third kappa shape index (κ3) is 4.96. The number of fused-ring (bicyclic) bond motifs is 3. The van der Waals surface area contributed by atoms with Crippen LogP contribution in [0.2, 0.25) is 10.0 Å². The number of anilines is 1. The molecule has 0 aliphatic carbocycles. The van der Waals surface area contributed by atoms with Gasteiger partial charge in [-0.25, -0.2) is 0 Å². The van der Waals surface area contributed by atoms with E-state index in [1.807, 2.05) is 48.5 Å². The first-order chi connectivity index (χ1) is 17.1. The molecule has 4 aromatic rings. The van der Waals surface area contributed by atoms with E-state index < -0.39 is 6.23 Å². The number of thioether (sulfide) groups is 1. The van der Waals surface area contributed by atoms with E-state index in [0.29, 0.717) is 49.6 Å². The minimum Gasteiger partial charge on any atom is -0.493 e. The van der Waals surface area contributed by atoms with Crippen LogP contribution in [-0.4, -0.2) is 29.4 Å². The standard InChI is InChI=1S/C25H20Cl2N4O3S/c1-32-20-11-17(18(27)12-21(20)33-2)23-28-19-6-4-3-5-16(19)22-24(34-23)29-25(31-30-22)35-13-14-7-9-15(26)10-8-14/h3-12,23,28H,13H2,1-2H3. The van der Waals surface area contributed by atoms with Crippen molar-refractivity contribution in [1.82, 2.24) is 15.2 Å². The molecule has 1 atom stereocenters. The summed E-state index contributed by atoms with van der Waals surface area (Å²) in [7, 11) is 3.13. The quantitative estimate of drug-likeness (QED) is 0.279. The van der Waals surface area contributed by atoms with E-state index in [4.69, 9.17) is 37.4 Å². The van der Waals surface area contributed by atoms with Crippen molar-refractivity contribution in [1.29, 1.82) is 0 Å². The smallest absolute Gasteiger partial charge is 0.247 e. The Balaban J connectivity index is 1.51. The fraction of sp³-hybridized carbons (Fsp3) is 0.160.